The maximum absolute atomic E-state index is 4.35. The second-order valence-corrected chi connectivity index (χ2v) is 4.22. The molecule has 16 heavy (non-hydrogen) atoms. The molecule has 0 bridgehead atoms. The summed E-state index contributed by atoms with van der Waals surface area (Å²) in [5.41, 5.74) is 2.26. The van der Waals surface area contributed by atoms with Crippen LogP contribution in [0.15, 0.2) is 47.3 Å². The van der Waals surface area contributed by atoms with E-state index in [0.29, 0.717) is 0 Å². The third kappa shape index (κ3) is 3.40. The molecule has 2 aromatic heterocycles. The lowest BCUT2D eigenvalue weighted by Gasteiger charge is -2.04. The minimum absolute atomic E-state index is 0.766. The van der Waals surface area contributed by atoms with E-state index in [4.69, 9.17) is 0 Å². The van der Waals surface area contributed by atoms with Crippen molar-refractivity contribution in [3.05, 3.63) is 58.6 Å². The minimum atomic E-state index is 0.766. The van der Waals surface area contributed by atoms with Gasteiger partial charge in [-0.15, -0.1) is 0 Å². The molecule has 0 radical (unpaired) electrons. The molecule has 0 amide bonds. The number of pyridine rings is 2. The number of nitrogens with one attached hydrogen (secondary N) is 1. The number of rotatable bonds is 4. The first kappa shape index (κ1) is 11.2. The third-order valence-electron chi connectivity index (χ3n) is 2.16. The van der Waals surface area contributed by atoms with E-state index in [1.807, 2.05) is 30.3 Å². The Bertz CT molecular complexity index is 445. The normalized spacial score (nSPS) is 10.3. The zero-order valence-electron chi connectivity index (χ0n) is 8.73. The second-order valence-electron chi connectivity index (χ2n) is 3.41. The highest BCUT2D eigenvalue weighted by molar-refractivity contribution is 9.10. The van der Waals surface area contributed by atoms with Crippen molar-refractivity contribution in [2.24, 2.45) is 0 Å². The van der Waals surface area contributed by atoms with Crippen LogP contribution in [0.25, 0.3) is 0 Å². The molecular formula is C12H12BrN3. The van der Waals surface area contributed by atoms with Crippen molar-refractivity contribution in [1.82, 2.24) is 15.3 Å². The number of nitrogens with zero attached hydrogens (tertiary/aromatic N) is 2. The van der Waals surface area contributed by atoms with Crippen LogP contribution in [-0.4, -0.2) is 9.97 Å². The van der Waals surface area contributed by atoms with Crippen molar-refractivity contribution < 1.29 is 0 Å². The van der Waals surface area contributed by atoms with Gasteiger partial charge in [-0.1, -0.05) is 6.07 Å². The van der Waals surface area contributed by atoms with Gasteiger partial charge in [0.2, 0.25) is 0 Å². The summed E-state index contributed by atoms with van der Waals surface area (Å²) in [6, 6.07) is 9.92. The molecule has 0 aliphatic carbocycles. The highest BCUT2D eigenvalue weighted by Crippen LogP contribution is 2.06. The summed E-state index contributed by atoms with van der Waals surface area (Å²) in [6.45, 7) is 1.60. The Morgan fingerprint density at radius 2 is 1.88 bits per heavy atom. The van der Waals surface area contributed by atoms with Crippen LogP contribution in [0.4, 0.5) is 0 Å². The van der Waals surface area contributed by atoms with Crippen molar-refractivity contribution in [2.45, 2.75) is 13.1 Å². The van der Waals surface area contributed by atoms with E-state index in [1.54, 1.807) is 12.4 Å². The fourth-order valence-corrected chi connectivity index (χ4v) is 1.76. The van der Waals surface area contributed by atoms with Crippen LogP contribution in [0.1, 0.15) is 11.3 Å². The highest BCUT2D eigenvalue weighted by atomic mass is 79.9. The maximum Gasteiger partial charge on any atom is 0.106 e. The summed E-state index contributed by atoms with van der Waals surface area (Å²) in [7, 11) is 0. The Morgan fingerprint density at radius 1 is 1.06 bits per heavy atom. The number of halogens is 1. The summed E-state index contributed by atoms with van der Waals surface area (Å²) in [4.78, 5) is 8.32. The van der Waals surface area contributed by atoms with Gasteiger partial charge in [0.1, 0.15) is 4.60 Å². The smallest absolute Gasteiger partial charge is 0.106 e. The summed E-state index contributed by atoms with van der Waals surface area (Å²) in [5.74, 6) is 0. The van der Waals surface area contributed by atoms with E-state index in [9.17, 15) is 0 Å². The molecule has 0 aliphatic heterocycles. The van der Waals surface area contributed by atoms with Crippen LogP contribution in [0.3, 0.4) is 0 Å². The summed E-state index contributed by atoms with van der Waals surface area (Å²) in [5, 5.41) is 3.33. The molecule has 0 aromatic carbocycles. The quantitative estimate of drug-likeness (QED) is 0.873. The zero-order valence-corrected chi connectivity index (χ0v) is 10.3. The van der Waals surface area contributed by atoms with E-state index >= 15 is 0 Å². The van der Waals surface area contributed by atoms with Crippen LogP contribution in [0, 0.1) is 0 Å². The minimum Gasteiger partial charge on any atom is -0.307 e. The molecule has 3 nitrogen and oxygen atoms in total. The Balaban J connectivity index is 1.85. The maximum atomic E-state index is 4.35. The molecular weight excluding hydrogens is 266 g/mol. The monoisotopic (exact) mass is 277 g/mol. The van der Waals surface area contributed by atoms with Crippen molar-refractivity contribution in [3.63, 3.8) is 0 Å². The molecule has 2 rings (SSSR count). The largest absolute Gasteiger partial charge is 0.307 e. The zero-order chi connectivity index (χ0) is 11.2. The predicted molar refractivity (Wildman–Crippen MR) is 66.7 cm³/mol. The lowest BCUT2D eigenvalue weighted by Crippen LogP contribution is -2.13. The Morgan fingerprint density at radius 3 is 2.62 bits per heavy atom. The van der Waals surface area contributed by atoms with Crippen LogP contribution >= 0.6 is 15.9 Å². The number of hydrogen-bond donors (Lipinski definition) is 1. The van der Waals surface area contributed by atoms with Crippen molar-refractivity contribution >= 4 is 15.9 Å². The second kappa shape index (κ2) is 5.72. The molecule has 1 N–H and O–H groups in total. The lowest BCUT2D eigenvalue weighted by molar-refractivity contribution is 0.678. The fourth-order valence-electron chi connectivity index (χ4n) is 1.38. The summed E-state index contributed by atoms with van der Waals surface area (Å²) in [6.07, 6.45) is 3.60. The van der Waals surface area contributed by atoms with Gasteiger partial charge in [-0.05, 0) is 45.8 Å². The topological polar surface area (TPSA) is 37.8 Å². The first-order chi connectivity index (χ1) is 7.84. The van der Waals surface area contributed by atoms with Crippen molar-refractivity contribution in [3.8, 4) is 0 Å². The van der Waals surface area contributed by atoms with Crippen LogP contribution < -0.4 is 5.32 Å². The van der Waals surface area contributed by atoms with Crippen LogP contribution in [0.5, 0.6) is 0 Å². The van der Waals surface area contributed by atoms with Crippen LogP contribution in [-0.2, 0) is 13.1 Å². The van der Waals surface area contributed by atoms with Crippen molar-refractivity contribution in [1.29, 1.82) is 0 Å². The molecule has 4 heteroatoms. The third-order valence-corrected chi connectivity index (χ3v) is 2.60. The van der Waals surface area contributed by atoms with E-state index in [0.717, 1.165) is 23.4 Å². The average Bonchev–Trinajstić information content (AvgIpc) is 2.30. The molecule has 0 unspecified atom stereocenters. The van der Waals surface area contributed by atoms with E-state index in [2.05, 4.69) is 31.2 Å². The molecule has 2 aromatic rings. The fraction of sp³-hybridized carbons (Fsp3) is 0.167. The average molecular weight is 278 g/mol. The molecule has 0 spiro atoms. The molecule has 82 valence electrons. The van der Waals surface area contributed by atoms with Gasteiger partial charge >= 0.3 is 0 Å². The summed E-state index contributed by atoms with van der Waals surface area (Å²) < 4.78 is 0.871. The van der Waals surface area contributed by atoms with Gasteiger partial charge in [-0.3, -0.25) is 4.98 Å². The molecule has 0 saturated heterocycles. The molecule has 0 aliphatic rings. The first-order valence-electron chi connectivity index (χ1n) is 5.05. The SMILES string of the molecule is Brc1cccc(CNCc2ccncc2)n1. The van der Waals surface area contributed by atoms with Gasteiger partial charge in [-0.2, -0.15) is 0 Å². The molecule has 2 heterocycles. The molecule has 0 atom stereocenters. The van der Waals surface area contributed by atoms with E-state index < -0.39 is 0 Å². The van der Waals surface area contributed by atoms with Gasteiger partial charge in [0, 0.05) is 25.5 Å². The van der Waals surface area contributed by atoms with Gasteiger partial charge in [0.05, 0.1) is 5.69 Å². The Kier molecular flexibility index (Phi) is 4.02. The van der Waals surface area contributed by atoms with Gasteiger partial charge in [-0.25, -0.2) is 4.98 Å². The van der Waals surface area contributed by atoms with Gasteiger partial charge in [0.15, 0.2) is 0 Å². The van der Waals surface area contributed by atoms with Crippen LogP contribution in [0.2, 0.25) is 0 Å². The van der Waals surface area contributed by atoms with E-state index in [1.165, 1.54) is 5.56 Å². The molecule has 0 fully saturated rings. The first-order valence-corrected chi connectivity index (χ1v) is 5.85. The Labute approximate surface area is 103 Å². The molecule has 0 saturated carbocycles. The lowest BCUT2D eigenvalue weighted by atomic mass is 10.2. The summed E-state index contributed by atoms with van der Waals surface area (Å²) >= 11 is 3.35. The van der Waals surface area contributed by atoms with Gasteiger partial charge < -0.3 is 5.32 Å². The highest BCUT2D eigenvalue weighted by Gasteiger charge is 1.95. The van der Waals surface area contributed by atoms with Gasteiger partial charge in [0.25, 0.3) is 0 Å². The standard InChI is InChI=1S/C12H12BrN3/c13-12-3-1-2-11(16-12)9-15-8-10-4-6-14-7-5-10/h1-7,15H,8-9H2. The van der Waals surface area contributed by atoms with E-state index in [-0.39, 0.29) is 0 Å². The number of hydrogen-bond acceptors (Lipinski definition) is 3. The predicted octanol–water partition coefficient (Wildman–Crippen LogP) is 2.53. The van der Waals surface area contributed by atoms with Crippen molar-refractivity contribution in [2.75, 3.05) is 0 Å². The Hall–Kier alpha value is -1.26. The number of aromatic nitrogens is 2.